The number of aliphatic carboxylic acids is 1. The first-order valence-electron chi connectivity index (χ1n) is 8.30. The molecule has 2 rings (SSSR count). The molecule has 0 amide bonds. The number of hydrazone groups is 1. The van der Waals surface area contributed by atoms with Crippen molar-refractivity contribution in [3.05, 3.63) is 18.2 Å². The lowest BCUT2D eigenvalue weighted by atomic mass is 10.2. The fourth-order valence-electron chi connectivity index (χ4n) is 2.28. The molecule has 0 saturated heterocycles. The Labute approximate surface area is 151 Å². The van der Waals surface area contributed by atoms with Gasteiger partial charge in [-0.3, -0.25) is 5.01 Å². The van der Waals surface area contributed by atoms with Crippen LogP contribution in [0.5, 0.6) is 11.5 Å². The predicted molar refractivity (Wildman–Crippen MR) is 94.1 cm³/mol. The molecule has 9 nitrogen and oxygen atoms in total. The number of hydrogen-bond acceptors (Lipinski definition) is 8. The van der Waals surface area contributed by atoms with Gasteiger partial charge in [-0.25, -0.2) is 4.79 Å². The van der Waals surface area contributed by atoms with E-state index in [0.29, 0.717) is 64.0 Å². The largest absolute Gasteiger partial charge is 0.506 e. The van der Waals surface area contributed by atoms with Crippen LogP contribution in [0.25, 0.3) is 0 Å². The van der Waals surface area contributed by atoms with Crippen LogP contribution in [0.1, 0.15) is 6.42 Å². The minimum Gasteiger partial charge on any atom is -0.506 e. The third-order valence-corrected chi connectivity index (χ3v) is 3.57. The minimum absolute atomic E-state index is 0.0228. The fraction of sp³-hybridized carbons (Fsp3) is 0.529. The molecule has 0 unspecified atom stereocenters. The molecule has 0 spiro atoms. The maximum atomic E-state index is 10.9. The second-order valence-corrected chi connectivity index (χ2v) is 5.44. The highest BCUT2D eigenvalue weighted by Gasteiger charge is 2.22. The average molecular weight is 368 g/mol. The molecule has 0 aromatic heterocycles. The Morgan fingerprint density at radius 1 is 1.15 bits per heavy atom. The van der Waals surface area contributed by atoms with Crippen molar-refractivity contribution in [3.63, 3.8) is 0 Å². The minimum atomic E-state index is -1.05. The first-order valence-corrected chi connectivity index (χ1v) is 8.30. The number of phenols is 1. The SMILES string of the molecule is COCCOCCOCCOc1ccc(N2CCC(C(=O)O)=N2)c(O)c1. The van der Waals surface area contributed by atoms with Crippen molar-refractivity contribution >= 4 is 17.4 Å². The van der Waals surface area contributed by atoms with Crippen LogP contribution in [0.4, 0.5) is 5.69 Å². The van der Waals surface area contributed by atoms with Gasteiger partial charge in [-0.2, -0.15) is 5.10 Å². The van der Waals surface area contributed by atoms with Gasteiger partial charge in [0.1, 0.15) is 29.5 Å². The second-order valence-electron chi connectivity index (χ2n) is 5.44. The molecule has 0 aliphatic carbocycles. The molecule has 0 bridgehead atoms. The van der Waals surface area contributed by atoms with E-state index < -0.39 is 5.97 Å². The molecule has 2 N–H and O–H groups in total. The summed E-state index contributed by atoms with van der Waals surface area (Å²) in [6.45, 7) is 3.20. The fourth-order valence-corrected chi connectivity index (χ4v) is 2.28. The van der Waals surface area contributed by atoms with E-state index in [-0.39, 0.29) is 11.5 Å². The van der Waals surface area contributed by atoms with Crippen LogP contribution >= 0.6 is 0 Å². The zero-order chi connectivity index (χ0) is 18.8. The zero-order valence-corrected chi connectivity index (χ0v) is 14.7. The Kier molecular flexibility index (Phi) is 8.13. The van der Waals surface area contributed by atoms with Crippen LogP contribution < -0.4 is 9.75 Å². The lowest BCUT2D eigenvalue weighted by Gasteiger charge is -2.16. The van der Waals surface area contributed by atoms with E-state index in [4.69, 9.17) is 24.1 Å². The van der Waals surface area contributed by atoms with Crippen LogP contribution in [-0.2, 0) is 19.0 Å². The molecule has 1 aliphatic rings. The van der Waals surface area contributed by atoms with Gasteiger partial charge in [0.15, 0.2) is 0 Å². The number of carboxylic acid groups (broad SMARTS) is 1. The number of anilines is 1. The van der Waals surface area contributed by atoms with E-state index in [1.54, 1.807) is 19.2 Å². The molecule has 0 radical (unpaired) electrons. The zero-order valence-electron chi connectivity index (χ0n) is 14.7. The van der Waals surface area contributed by atoms with Crippen molar-refractivity contribution in [1.29, 1.82) is 0 Å². The van der Waals surface area contributed by atoms with Crippen LogP contribution in [0, 0.1) is 0 Å². The number of phenolic OH excluding ortho intramolecular Hbond substituents is 1. The molecule has 1 aromatic carbocycles. The van der Waals surface area contributed by atoms with Crippen LogP contribution in [0.3, 0.4) is 0 Å². The third kappa shape index (κ3) is 6.17. The highest BCUT2D eigenvalue weighted by atomic mass is 16.6. The maximum Gasteiger partial charge on any atom is 0.352 e. The van der Waals surface area contributed by atoms with Crippen molar-refractivity contribution in [2.75, 3.05) is 58.3 Å². The molecule has 0 fully saturated rings. The number of nitrogens with zero attached hydrogens (tertiary/aromatic N) is 2. The normalized spacial score (nSPS) is 13.7. The molecule has 1 aromatic rings. The maximum absolute atomic E-state index is 10.9. The summed E-state index contributed by atoms with van der Waals surface area (Å²) in [5.41, 5.74) is 0.520. The molecule has 9 heteroatoms. The summed E-state index contributed by atoms with van der Waals surface area (Å²) in [5.74, 6) is -0.575. The first-order chi connectivity index (χ1) is 12.6. The van der Waals surface area contributed by atoms with Gasteiger partial charge in [0.25, 0.3) is 0 Å². The monoisotopic (exact) mass is 368 g/mol. The molecule has 0 saturated carbocycles. The molecular formula is C17H24N2O7. The van der Waals surface area contributed by atoms with Gasteiger partial charge in [0.2, 0.25) is 0 Å². The quantitative estimate of drug-likeness (QED) is 0.528. The summed E-state index contributed by atoms with van der Waals surface area (Å²) in [4.78, 5) is 10.9. The second kappa shape index (κ2) is 10.6. The van der Waals surface area contributed by atoms with Gasteiger partial charge in [0, 0.05) is 26.1 Å². The molecule has 26 heavy (non-hydrogen) atoms. The van der Waals surface area contributed by atoms with Gasteiger partial charge >= 0.3 is 5.97 Å². The average Bonchev–Trinajstić information content (AvgIpc) is 3.10. The molecule has 1 heterocycles. The number of methoxy groups -OCH3 is 1. The van der Waals surface area contributed by atoms with E-state index in [0.717, 1.165) is 0 Å². The number of rotatable bonds is 12. The topological polar surface area (TPSA) is 110 Å². The number of carboxylic acids is 1. The molecule has 144 valence electrons. The molecule has 0 atom stereocenters. The summed E-state index contributed by atoms with van der Waals surface area (Å²) in [7, 11) is 1.62. The lowest BCUT2D eigenvalue weighted by molar-refractivity contribution is -0.129. The predicted octanol–water partition coefficient (Wildman–Crippen LogP) is 1.10. The van der Waals surface area contributed by atoms with E-state index >= 15 is 0 Å². The smallest absolute Gasteiger partial charge is 0.352 e. The van der Waals surface area contributed by atoms with E-state index in [1.165, 1.54) is 11.1 Å². The molecule has 1 aliphatic heterocycles. The Bertz CT molecular complexity index is 621. The summed E-state index contributed by atoms with van der Waals surface area (Å²) in [6.07, 6.45) is 0.333. The van der Waals surface area contributed by atoms with E-state index in [1.807, 2.05) is 0 Å². The number of benzene rings is 1. The highest BCUT2D eigenvalue weighted by molar-refractivity contribution is 6.36. The standard InChI is InChI=1S/C17H24N2O7/c1-23-6-7-24-8-9-25-10-11-26-13-2-3-15(16(20)12-13)19-5-4-14(18-19)17(21)22/h2-3,12,20H,4-11H2,1H3,(H,21,22). The first kappa shape index (κ1) is 20.0. The van der Waals surface area contributed by atoms with Crippen molar-refractivity contribution in [1.82, 2.24) is 0 Å². The Morgan fingerprint density at radius 2 is 1.85 bits per heavy atom. The number of carbonyl (C=O) groups is 1. The lowest BCUT2D eigenvalue weighted by Crippen LogP contribution is -2.13. The number of aromatic hydroxyl groups is 1. The van der Waals surface area contributed by atoms with Crippen molar-refractivity contribution < 1.29 is 34.0 Å². The summed E-state index contributed by atoms with van der Waals surface area (Å²) >= 11 is 0. The Balaban J connectivity index is 1.70. The van der Waals surface area contributed by atoms with E-state index in [2.05, 4.69) is 5.10 Å². The summed E-state index contributed by atoms with van der Waals surface area (Å²) < 4.78 is 21.0. The van der Waals surface area contributed by atoms with Crippen LogP contribution in [-0.4, -0.2) is 75.2 Å². The van der Waals surface area contributed by atoms with Gasteiger partial charge in [-0.1, -0.05) is 0 Å². The van der Waals surface area contributed by atoms with Crippen molar-refractivity contribution in [2.45, 2.75) is 6.42 Å². The van der Waals surface area contributed by atoms with Gasteiger partial charge in [0.05, 0.1) is 33.0 Å². The molecular weight excluding hydrogens is 344 g/mol. The Hall–Kier alpha value is -2.36. The summed E-state index contributed by atoms with van der Waals surface area (Å²) in [5, 5.41) is 24.5. The van der Waals surface area contributed by atoms with Crippen LogP contribution in [0.2, 0.25) is 0 Å². The van der Waals surface area contributed by atoms with Crippen molar-refractivity contribution in [2.24, 2.45) is 5.10 Å². The van der Waals surface area contributed by atoms with E-state index in [9.17, 15) is 9.90 Å². The van der Waals surface area contributed by atoms with Gasteiger partial charge in [-0.05, 0) is 12.1 Å². The van der Waals surface area contributed by atoms with Crippen LogP contribution in [0.15, 0.2) is 23.3 Å². The number of ether oxygens (including phenoxy) is 4. The van der Waals surface area contributed by atoms with Gasteiger partial charge in [-0.15, -0.1) is 0 Å². The number of hydrogen-bond donors (Lipinski definition) is 2. The summed E-state index contributed by atoms with van der Waals surface area (Å²) in [6, 6.07) is 4.80. The Morgan fingerprint density at radius 3 is 2.46 bits per heavy atom. The van der Waals surface area contributed by atoms with Crippen molar-refractivity contribution in [3.8, 4) is 11.5 Å². The highest BCUT2D eigenvalue weighted by Crippen LogP contribution is 2.33. The van der Waals surface area contributed by atoms with Gasteiger partial charge < -0.3 is 29.2 Å². The third-order valence-electron chi connectivity index (χ3n) is 3.57.